The van der Waals surface area contributed by atoms with Crippen LogP contribution in [0.4, 0.5) is 0 Å². The van der Waals surface area contributed by atoms with Crippen LogP contribution in [-0.4, -0.2) is 9.97 Å². The summed E-state index contributed by atoms with van der Waals surface area (Å²) in [6.45, 7) is 0. The zero-order chi connectivity index (χ0) is 15.1. The molecule has 0 aliphatic rings. The average Bonchev–Trinajstić information content (AvgIpc) is 2.76. The van der Waals surface area contributed by atoms with Crippen molar-refractivity contribution in [2.24, 2.45) is 5.73 Å². The topological polar surface area (TPSA) is 74.7 Å². The predicted octanol–water partition coefficient (Wildman–Crippen LogP) is 4.08. The monoisotopic (exact) mass is 429 g/mol. The highest BCUT2D eigenvalue weighted by molar-refractivity contribution is 9.10. The maximum absolute atomic E-state index is 11.4. The molecule has 3 rings (SSSR count). The summed E-state index contributed by atoms with van der Waals surface area (Å²) in [5, 5.41) is 0.641. The minimum absolute atomic E-state index is 0.240. The molecule has 0 saturated carbocycles. The van der Waals surface area contributed by atoms with E-state index in [4.69, 9.17) is 17.3 Å². The third kappa shape index (κ3) is 2.81. The molecule has 2 aromatic carbocycles. The van der Waals surface area contributed by atoms with Gasteiger partial charge >= 0.3 is 5.69 Å². The molecule has 1 unspecified atom stereocenters. The normalized spacial score (nSPS) is 12.8. The number of fused-ring (bicyclic) bond motifs is 1. The van der Waals surface area contributed by atoms with E-state index in [-0.39, 0.29) is 11.7 Å². The molecule has 4 N–H and O–H groups in total. The van der Waals surface area contributed by atoms with Crippen LogP contribution in [0.15, 0.2) is 44.1 Å². The van der Waals surface area contributed by atoms with E-state index < -0.39 is 0 Å². The Bertz CT molecular complexity index is 888. The number of aromatic nitrogens is 2. The van der Waals surface area contributed by atoms with Gasteiger partial charge in [0.15, 0.2) is 0 Å². The van der Waals surface area contributed by atoms with Crippen molar-refractivity contribution < 1.29 is 0 Å². The second-order valence-electron chi connectivity index (χ2n) is 4.64. The van der Waals surface area contributed by atoms with Gasteiger partial charge in [-0.25, -0.2) is 4.79 Å². The second-order valence-corrected chi connectivity index (χ2v) is 6.79. The van der Waals surface area contributed by atoms with Crippen LogP contribution < -0.4 is 11.4 Å². The van der Waals surface area contributed by atoms with Crippen molar-refractivity contribution in [3.8, 4) is 0 Å². The zero-order valence-corrected chi connectivity index (χ0v) is 14.5. The Morgan fingerprint density at radius 2 is 1.62 bits per heavy atom. The minimum atomic E-state index is -0.353. The summed E-state index contributed by atoms with van der Waals surface area (Å²) >= 11 is 12.9. The first-order valence-electron chi connectivity index (χ1n) is 6.07. The molecule has 0 aliphatic heterocycles. The molecule has 0 radical (unpaired) electrons. The number of halogens is 3. The standard InChI is InChI=1S/C14H10Br2ClN3O/c15-9-3-6(17)1-2-7(9)13(18)8-4-11-12(5-10(8)16)20-14(21)19-11/h1-5,13H,18H2,(H2,19,20,21). The number of nitrogens with two attached hydrogens (primary N) is 1. The summed E-state index contributed by atoms with van der Waals surface area (Å²) in [6, 6.07) is 8.84. The highest BCUT2D eigenvalue weighted by Gasteiger charge is 2.17. The highest BCUT2D eigenvalue weighted by Crippen LogP contribution is 2.33. The quantitative estimate of drug-likeness (QED) is 0.572. The Morgan fingerprint density at radius 1 is 1.00 bits per heavy atom. The van der Waals surface area contributed by atoms with Gasteiger partial charge in [0.1, 0.15) is 0 Å². The van der Waals surface area contributed by atoms with Crippen LogP contribution in [0.2, 0.25) is 5.02 Å². The Balaban J connectivity index is 2.14. The van der Waals surface area contributed by atoms with Gasteiger partial charge < -0.3 is 15.7 Å². The van der Waals surface area contributed by atoms with Crippen LogP contribution in [0.25, 0.3) is 11.0 Å². The van der Waals surface area contributed by atoms with Crippen molar-refractivity contribution in [3.05, 3.63) is 65.9 Å². The SMILES string of the molecule is NC(c1ccc(Cl)cc1Br)c1cc2[nH]c(=O)[nH]c2cc1Br. The Labute approximate surface area is 142 Å². The second kappa shape index (κ2) is 5.61. The van der Waals surface area contributed by atoms with Gasteiger partial charge in [0.05, 0.1) is 17.1 Å². The molecule has 0 amide bonds. The number of hydrogen-bond acceptors (Lipinski definition) is 2. The van der Waals surface area contributed by atoms with Gasteiger partial charge in [-0.3, -0.25) is 0 Å². The Hall–Kier alpha value is -1.08. The van der Waals surface area contributed by atoms with E-state index in [2.05, 4.69) is 41.8 Å². The number of imidazole rings is 1. The fourth-order valence-electron chi connectivity index (χ4n) is 2.23. The van der Waals surface area contributed by atoms with Crippen molar-refractivity contribution in [2.45, 2.75) is 6.04 Å². The van der Waals surface area contributed by atoms with Crippen molar-refractivity contribution >= 4 is 54.5 Å². The first-order valence-corrected chi connectivity index (χ1v) is 8.04. The van der Waals surface area contributed by atoms with Gasteiger partial charge in [0.25, 0.3) is 0 Å². The average molecular weight is 432 g/mol. The summed E-state index contributed by atoms with van der Waals surface area (Å²) in [5.41, 5.74) is 9.37. The molecule has 7 heteroatoms. The van der Waals surface area contributed by atoms with Crippen LogP contribution in [0, 0.1) is 0 Å². The smallest absolute Gasteiger partial charge is 0.320 e. The first-order chi connectivity index (χ1) is 9.95. The number of hydrogen-bond donors (Lipinski definition) is 3. The van der Waals surface area contributed by atoms with Gasteiger partial charge in [-0.05, 0) is 35.4 Å². The van der Waals surface area contributed by atoms with Crippen molar-refractivity contribution in [1.82, 2.24) is 9.97 Å². The van der Waals surface area contributed by atoms with Crippen LogP contribution in [0.5, 0.6) is 0 Å². The highest BCUT2D eigenvalue weighted by atomic mass is 79.9. The molecular weight excluding hydrogens is 421 g/mol. The molecule has 1 atom stereocenters. The summed E-state index contributed by atoms with van der Waals surface area (Å²) in [6.07, 6.45) is 0. The Kier molecular flexibility index (Phi) is 3.96. The van der Waals surface area contributed by atoms with Crippen LogP contribution in [0.1, 0.15) is 17.2 Å². The molecule has 0 bridgehead atoms. The fraction of sp³-hybridized carbons (Fsp3) is 0.0714. The maximum atomic E-state index is 11.4. The molecule has 21 heavy (non-hydrogen) atoms. The van der Waals surface area contributed by atoms with E-state index in [1.165, 1.54) is 0 Å². The van der Waals surface area contributed by atoms with E-state index >= 15 is 0 Å². The van der Waals surface area contributed by atoms with Crippen molar-refractivity contribution in [3.63, 3.8) is 0 Å². The molecular formula is C14H10Br2ClN3O. The van der Waals surface area contributed by atoms with Crippen LogP contribution >= 0.6 is 43.5 Å². The van der Waals surface area contributed by atoms with E-state index in [0.717, 1.165) is 31.1 Å². The van der Waals surface area contributed by atoms with Crippen LogP contribution in [0.3, 0.4) is 0 Å². The maximum Gasteiger partial charge on any atom is 0.323 e. The van der Waals surface area contributed by atoms with Crippen molar-refractivity contribution in [2.75, 3.05) is 0 Å². The lowest BCUT2D eigenvalue weighted by molar-refractivity contribution is 0.862. The largest absolute Gasteiger partial charge is 0.323 e. The van der Waals surface area contributed by atoms with Crippen molar-refractivity contribution in [1.29, 1.82) is 0 Å². The minimum Gasteiger partial charge on any atom is -0.320 e. The lowest BCUT2D eigenvalue weighted by Crippen LogP contribution is -2.13. The van der Waals surface area contributed by atoms with Gasteiger partial charge in [-0.2, -0.15) is 0 Å². The zero-order valence-electron chi connectivity index (χ0n) is 10.6. The lowest BCUT2D eigenvalue weighted by atomic mass is 9.99. The molecule has 0 fully saturated rings. The number of rotatable bonds is 2. The molecule has 4 nitrogen and oxygen atoms in total. The summed E-state index contributed by atoms with van der Waals surface area (Å²) in [5.74, 6) is 0. The summed E-state index contributed by atoms with van der Waals surface area (Å²) in [4.78, 5) is 16.8. The van der Waals surface area contributed by atoms with Gasteiger partial charge in [-0.1, -0.05) is 49.5 Å². The van der Waals surface area contributed by atoms with E-state index in [0.29, 0.717) is 5.02 Å². The van der Waals surface area contributed by atoms with E-state index in [1.54, 1.807) is 12.1 Å². The molecule has 1 aromatic heterocycles. The molecule has 3 aromatic rings. The lowest BCUT2D eigenvalue weighted by Gasteiger charge is -2.16. The predicted molar refractivity (Wildman–Crippen MR) is 91.8 cm³/mol. The number of H-pyrrole nitrogens is 2. The Morgan fingerprint density at radius 3 is 2.29 bits per heavy atom. The van der Waals surface area contributed by atoms with E-state index in [1.807, 2.05) is 18.2 Å². The van der Waals surface area contributed by atoms with Gasteiger partial charge in [0.2, 0.25) is 0 Å². The van der Waals surface area contributed by atoms with Crippen LogP contribution in [-0.2, 0) is 0 Å². The van der Waals surface area contributed by atoms with Gasteiger partial charge in [-0.15, -0.1) is 0 Å². The summed E-state index contributed by atoms with van der Waals surface area (Å²) < 4.78 is 1.68. The fourth-order valence-corrected chi connectivity index (χ4v) is 3.75. The van der Waals surface area contributed by atoms with E-state index in [9.17, 15) is 4.79 Å². The first kappa shape index (κ1) is 14.8. The third-order valence-electron chi connectivity index (χ3n) is 3.27. The number of benzene rings is 2. The molecule has 0 spiro atoms. The number of aromatic amines is 2. The molecule has 1 heterocycles. The summed E-state index contributed by atoms with van der Waals surface area (Å²) in [7, 11) is 0. The molecule has 108 valence electrons. The molecule has 0 saturated heterocycles. The van der Waals surface area contributed by atoms with Gasteiger partial charge in [0, 0.05) is 14.0 Å². The molecule has 0 aliphatic carbocycles. The number of nitrogens with one attached hydrogen (secondary N) is 2. The third-order valence-corrected chi connectivity index (χ3v) is 4.87.